The summed E-state index contributed by atoms with van der Waals surface area (Å²) in [5.74, 6) is -0.808. The molecule has 0 saturated heterocycles. The van der Waals surface area contributed by atoms with Crippen LogP contribution in [0.3, 0.4) is 0 Å². The fourth-order valence-corrected chi connectivity index (χ4v) is 0.937. The third-order valence-corrected chi connectivity index (χ3v) is 1.59. The molecule has 0 saturated carbocycles. The average Bonchev–Trinajstić information content (AvgIpc) is 1.93. The Bertz CT molecular complexity index is 258. The fourth-order valence-electron chi connectivity index (χ4n) is 0.788. The molecule has 0 unspecified atom stereocenters. The predicted octanol–water partition coefficient (Wildman–Crippen LogP) is 1.22. The Morgan fingerprint density at radius 1 is 1.33 bits per heavy atom. The molecule has 0 spiro atoms. The molecule has 1 radical (unpaired) electrons. The van der Waals surface area contributed by atoms with E-state index in [1.54, 1.807) is 24.3 Å². The molecule has 0 aromatic heterocycles. The van der Waals surface area contributed by atoms with Gasteiger partial charge in [-0.3, -0.25) is 4.79 Å². The van der Waals surface area contributed by atoms with E-state index >= 15 is 0 Å². The minimum Gasteiger partial charge on any atom is -0.481 e. The molecule has 1 N–H and O–H groups in total. The molecule has 0 aliphatic rings. The Hall–Kier alpha value is 0.0400. The van der Waals surface area contributed by atoms with E-state index in [0.717, 1.165) is 10.5 Å². The molecule has 2 nitrogen and oxygen atoms in total. The second-order valence-corrected chi connectivity index (χ2v) is 2.75. The first-order chi connectivity index (χ1) is 5.18. The summed E-state index contributed by atoms with van der Waals surface area (Å²) in [5, 5.41) is 8.42. The number of rotatable bonds is 2. The van der Waals surface area contributed by atoms with Gasteiger partial charge in [0, 0.05) is 34.5 Å². The number of benzene rings is 1. The van der Waals surface area contributed by atoms with E-state index in [4.69, 9.17) is 5.11 Å². The van der Waals surface area contributed by atoms with Crippen molar-refractivity contribution in [3.63, 3.8) is 0 Å². The Morgan fingerprint density at radius 3 is 2.25 bits per heavy atom. The predicted molar refractivity (Wildman–Crippen MR) is 50.8 cm³/mol. The van der Waals surface area contributed by atoms with Gasteiger partial charge in [0.25, 0.3) is 0 Å². The zero-order chi connectivity index (χ0) is 8.27. The molecule has 1 aromatic rings. The van der Waals surface area contributed by atoms with Gasteiger partial charge in [-0.25, -0.2) is 0 Å². The SMILES string of the molecule is O=C(O)Cc1ccc(S)cc1.[Na]. The largest absolute Gasteiger partial charge is 0.481 e. The Morgan fingerprint density at radius 2 is 1.83 bits per heavy atom. The second kappa shape index (κ2) is 5.65. The van der Waals surface area contributed by atoms with Crippen LogP contribution >= 0.6 is 12.6 Å². The van der Waals surface area contributed by atoms with E-state index in [2.05, 4.69) is 12.6 Å². The molecule has 4 heteroatoms. The van der Waals surface area contributed by atoms with Gasteiger partial charge in [-0.2, -0.15) is 0 Å². The summed E-state index contributed by atoms with van der Waals surface area (Å²) in [6, 6.07) is 7.08. The van der Waals surface area contributed by atoms with Crippen LogP contribution in [0.2, 0.25) is 0 Å². The molecule has 0 amide bonds. The number of carbonyl (C=O) groups is 1. The van der Waals surface area contributed by atoms with Crippen LogP contribution in [-0.4, -0.2) is 40.6 Å². The quantitative estimate of drug-likeness (QED) is 0.545. The molecule has 0 heterocycles. The molecule has 1 rings (SSSR count). The molecular weight excluding hydrogens is 183 g/mol. The van der Waals surface area contributed by atoms with Crippen molar-refractivity contribution in [2.75, 3.05) is 0 Å². The summed E-state index contributed by atoms with van der Waals surface area (Å²) < 4.78 is 0. The van der Waals surface area contributed by atoms with Crippen molar-refractivity contribution in [3.05, 3.63) is 29.8 Å². The van der Waals surface area contributed by atoms with E-state index < -0.39 is 5.97 Å². The van der Waals surface area contributed by atoms with Crippen molar-refractivity contribution < 1.29 is 9.90 Å². The van der Waals surface area contributed by atoms with Gasteiger partial charge < -0.3 is 5.11 Å². The zero-order valence-electron chi connectivity index (χ0n) is 6.82. The topological polar surface area (TPSA) is 37.3 Å². The number of hydrogen-bond donors (Lipinski definition) is 2. The number of carboxylic acids is 1. The molecule has 0 bridgehead atoms. The summed E-state index contributed by atoms with van der Waals surface area (Å²) in [5.41, 5.74) is 0.801. The first-order valence-electron chi connectivity index (χ1n) is 3.18. The normalized spacial score (nSPS) is 8.75. The van der Waals surface area contributed by atoms with E-state index in [1.165, 1.54) is 0 Å². The van der Waals surface area contributed by atoms with Gasteiger partial charge in [-0.15, -0.1) is 12.6 Å². The minimum atomic E-state index is -0.808. The first kappa shape index (κ1) is 12.0. The van der Waals surface area contributed by atoms with Crippen LogP contribution in [0.4, 0.5) is 0 Å². The summed E-state index contributed by atoms with van der Waals surface area (Å²) in [4.78, 5) is 11.1. The summed E-state index contributed by atoms with van der Waals surface area (Å²) >= 11 is 4.07. The monoisotopic (exact) mass is 191 g/mol. The Labute approximate surface area is 98.7 Å². The Balaban J connectivity index is 0.00000121. The van der Waals surface area contributed by atoms with Gasteiger partial charge in [0.2, 0.25) is 0 Å². The van der Waals surface area contributed by atoms with Crippen LogP contribution in [-0.2, 0) is 11.2 Å². The van der Waals surface area contributed by atoms with Crippen LogP contribution in [0.5, 0.6) is 0 Å². The molecule has 1 aromatic carbocycles. The second-order valence-electron chi connectivity index (χ2n) is 2.24. The molecule has 0 aliphatic carbocycles. The van der Waals surface area contributed by atoms with Gasteiger partial charge in [0.1, 0.15) is 0 Å². The number of aliphatic carboxylic acids is 1. The molecule has 12 heavy (non-hydrogen) atoms. The number of thiol groups is 1. The maximum absolute atomic E-state index is 10.2. The van der Waals surface area contributed by atoms with Crippen LogP contribution in [0.25, 0.3) is 0 Å². The van der Waals surface area contributed by atoms with Crippen LogP contribution in [0.1, 0.15) is 5.56 Å². The van der Waals surface area contributed by atoms with Crippen molar-refractivity contribution in [3.8, 4) is 0 Å². The van der Waals surface area contributed by atoms with Crippen molar-refractivity contribution in [1.29, 1.82) is 0 Å². The van der Waals surface area contributed by atoms with Crippen molar-refractivity contribution in [2.24, 2.45) is 0 Å². The zero-order valence-corrected chi connectivity index (χ0v) is 9.71. The molecule has 0 aliphatic heterocycles. The smallest absolute Gasteiger partial charge is 0.307 e. The molecular formula is C8H8NaO2S. The summed E-state index contributed by atoms with van der Waals surface area (Å²) in [6.45, 7) is 0. The van der Waals surface area contributed by atoms with E-state index in [9.17, 15) is 4.79 Å². The van der Waals surface area contributed by atoms with E-state index in [1.807, 2.05) is 0 Å². The molecule has 59 valence electrons. The third-order valence-electron chi connectivity index (χ3n) is 1.29. The average molecular weight is 191 g/mol. The fraction of sp³-hybridized carbons (Fsp3) is 0.125. The maximum atomic E-state index is 10.2. The Kier molecular flexibility index (Phi) is 5.66. The number of carboxylic acid groups (broad SMARTS) is 1. The maximum Gasteiger partial charge on any atom is 0.307 e. The van der Waals surface area contributed by atoms with Gasteiger partial charge >= 0.3 is 5.97 Å². The first-order valence-corrected chi connectivity index (χ1v) is 3.63. The van der Waals surface area contributed by atoms with Crippen molar-refractivity contribution >= 4 is 48.2 Å². The van der Waals surface area contributed by atoms with Crippen molar-refractivity contribution in [1.82, 2.24) is 0 Å². The summed E-state index contributed by atoms with van der Waals surface area (Å²) in [7, 11) is 0. The van der Waals surface area contributed by atoms with Crippen LogP contribution in [0, 0.1) is 0 Å². The third kappa shape index (κ3) is 4.16. The summed E-state index contributed by atoms with van der Waals surface area (Å²) in [6.07, 6.45) is 0.0774. The minimum absolute atomic E-state index is 0. The van der Waals surface area contributed by atoms with Crippen LogP contribution < -0.4 is 0 Å². The van der Waals surface area contributed by atoms with Gasteiger partial charge in [-0.1, -0.05) is 12.1 Å². The number of hydrogen-bond acceptors (Lipinski definition) is 2. The van der Waals surface area contributed by atoms with Crippen LogP contribution in [0.15, 0.2) is 29.2 Å². The molecule has 0 fully saturated rings. The van der Waals surface area contributed by atoms with Crippen molar-refractivity contribution in [2.45, 2.75) is 11.3 Å². The van der Waals surface area contributed by atoms with Gasteiger partial charge in [-0.05, 0) is 17.7 Å². The standard InChI is InChI=1S/C8H8O2S.Na/c9-8(10)5-6-1-3-7(11)4-2-6;/h1-4,11H,5H2,(H,9,10);. The van der Waals surface area contributed by atoms with Gasteiger partial charge in [0.15, 0.2) is 0 Å². The van der Waals surface area contributed by atoms with Gasteiger partial charge in [0.05, 0.1) is 6.42 Å². The molecule has 0 atom stereocenters. The van der Waals surface area contributed by atoms with E-state index in [0.29, 0.717) is 0 Å². The van der Waals surface area contributed by atoms with E-state index in [-0.39, 0.29) is 36.0 Å².